The van der Waals surface area contributed by atoms with Gasteiger partial charge in [0.25, 0.3) is 0 Å². The lowest BCUT2D eigenvalue weighted by atomic mass is 10.0. The van der Waals surface area contributed by atoms with Crippen LogP contribution in [0.25, 0.3) is 0 Å². The fourth-order valence-electron chi connectivity index (χ4n) is 2.35. The van der Waals surface area contributed by atoms with Crippen LogP contribution >= 0.6 is 11.6 Å². The van der Waals surface area contributed by atoms with E-state index in [1.165, 1.54) is 12.1 Å². The second-order valence-electron chi connectivity index (χ2n) is 5.46. The summed E-state index contributed by atoms with van der Waals surface area (Å²) in [6, 6.07) is 3.68. The van der Waals surface area contributed by atoms with Gasteiger partial charge in [-0.3, -0.25) is 0 Å². The largest absolute Gasteiger partial charge is 0.387 e. The summed E-state index contributed by atoms with van der Waals surface area (Å²) < 4.78 is 18.6. The first-order valence-electron chi connectivity index (χ1n) is 7.22. The summed E-state index contributed by atoms with van der Waals surface area (Å²) in [6.45, 7) is 3.28. The predicted octanol–water partition coefficient (Wildman–Crippen LogP) is 2.24. The van der Waals surface area contributed by atoms with E-state index in [9.17, 15) is 14.3 Å². The Morgan fingerprint density at radius 2 is 2.36 bits per heavy atom. The van der Waals surface area contributed by atoms with Gasteiger partial charge in [0.15, 0.2) is 0 Å². The summed E-state index contributed by atoms with van der Waals surface area (Å²) in [5, 5.41) is 15.3. The number of halogens is 2. The monoisotopic (exact) mass is 330 g/mol. The second kappa shape index (κ2) is 7.76. The van der Waals surface area contributed by atoms with Crippen molar-refractivity contribution in [3.8, 4) is 0 Å². The average Bonchev–Trinajstić information content (AvgIpc) is 3.02. The molecule has 3 unspecified atom stereocenters. The molecule has 0 aliphatic carbocycles. The molecule has 1 fully saturated rings. The molecule has 5 nitrogen and oxygen atoms in total. The molecule has 1 aromatic carbocycles. The Hall–Kier alpha value is -1.37. The maximum absolute atomic E-state index is 13.3. The minimum Gasteiger partial charge on any atom is -0.387 e. The quantitative estimate of drug-likeness (QED) is 0.775. The molecule has 7 heteroatoms. The minimum absolute atomic E-state index is 0.00532. The fraction of sp³-hybridized carbons (Fsp3) is 0.533. The molecule has 122 valence electrons. The number of ether oxygens (including phenoxy) is 1. The van der Waals surface area contributed by atoms with E-state index in [-0.39, 0.29) is 23.6 Å². The van der Waals surface area contributed by atoms with Crippen LogP contribution in [-0.2, 0) is 4.74 Å². The topological polar surface area (TPSA) is 70.6 Å². The van der Waals surface area contributed by atoms with E-state index in [0.29, 0.717) is 18.1 Å². The molecule has 1 aliphatic heterocycles. The van der Waals surface area contributed by atoms with Gasteiger partial charge < -0.3 is 20.5 Å². The Morgan fingerprint density at radius 3 is 3.00 bits per heavy atom. The van der Waals surface area contributed by atoms with E-state index < -0.39 is 11.9 Å². The number of rotatable bonds is 5. The molecule has 1 aliphatic rings. The first-order chi connectivity index (χ1) is 10.5. The van der Waals surface area contributed by atoms with E-state index in [1.807, 2.05) is 6.92 Å². The number of hydrogen-bond donors (Lipinski definition) is 3. The van der Waals surface area contributed by atoms with Crippen molar-refractivity contribution in [1.82, 2.24) is 10.6 Å². The van der Waals surface area contributed by atoms with Crippen LogP contribution in [0.2, 0.25) is 5.02 Å². The van der Waals surface area contributed by atoms with Gasteiger partial charge in [0.2, 0.25) is 0 Å². The molecule has 2 rings (SSSR count). The van der Waals surface area contributed by atoms with Crippen molar-refractivity contribution in [2.24, 2.45) is 5.92 Å². The van der Waals surface area contributed by atoms with Gasteiger partial charge in [0.05, 0.1) is 17.7 Å². The number of urea groups is 1. The van der Waals surface area contributed by atoms with Gasteiger partial charge in [-0.25, -0.2) is 9.18 Å². The summed E-state index contributed by atoms with van der Waals surface area (Å²) in [5.41, 5.74) is 0.361. The van der Waals surface area contributed by atoms with Crippen molar-refractivity contribution in [2.75, 3.05) is 19.8 Å². The number of hydrogen-bond acceptors (Lipinski definition) is 3. The van der Waals surface area contributed by atoms with Crippen LogP contribution in [0.3, 0.4) is 0 Å². The van der Waals surface area contributed by atoms with Crippen molar-refractivity contribution in [2.45, 2.75) is 25.5 Å². The number of aliphatic hydroxyl groups excluding tert-OH is 1. The summed E-state index contributed by atoms with van der Waals surface area (Å²) in [5.74, 6) is -0.293. The molecule has 3 N–H and O–H groups in total. The number of nitrogens with one attached hydrogen (secondary N) is 2. The van der Waals surface area contributed by atoms with Crippen molar-refractivity contribution in [3.05, 3.63) is 34.6 Å². The molecule has 0 radical (unpaired) electrons. The number of benzene rings is 1. The van der Waals surface area contributed by atoms with Crippen LogP contribution in [0.1, 0.15) is 25.0 Å². The molecule has 0 saturated carbocycles. The molecular weight excluding hydrogens is 311 g/mol. The molecule has 1 aromatic rings. The van der Waals surface area contributed by atoms with Crippen LogP contribution in [0.5, 0.6) is 0 Å². The molecule has 2 amide bonds. The standard InChI is InChI=1S/C15H20ClFN2O3/c1-9(11-4-5-22-8-11)19-15(21)18-7-14(20)10-2-3-12(16)13(17)6-10/h2-3,6,9,11,14,20H,4-5,7-8H2,1H3,(H2,18,19,21). The zero-order valence-corrected chi connectivity index (χ0v) is 13.1. The highest BCUT2D eigenvalue weighted by molar-refractivity contribution is 6.30. The van der Waals surface area contributed by atoms with Gasteiger partial charge in [0.1, 0.15) is 5.82 Å². The summed E-state index contributed by atoms with van der Waals surface area (Å²) in [4.78, 5) is 11.8. The van der Waals surface area contributed by atoms with Crippen molar-refractivity contribution in [1.29, 1.82) is 0 Å². The highest BCUT2D eigenvalue weighted by atomic mass is 35.5. The molecule has 0 bridgehead atoms. The molecule has 0 spiro atoms. The Labute approximate surface area is 133 Å². The lowest BCUT2D eigenvalue weighted by molar-refractivity contribution is 0.168. The van der Waals surface area contributed by atoms with Gasteiger partial charge in [-0.1, -0.05) is 17.7 Å². The van der Waals surface area contributed by atoms with Gasteiger partial charge in [0, 0.05) is 25.1 Å². The summed E-state index contributed by atoms with van der Waals surface area (Å²) in [6.07, 6.45) is -0.0728. The van der Waals surface area contributed by atoms with Crippen molar-refractivity contribution >= 4 is 17.6 Å². The van der Waals surface area contributed by atoms with E-state index in [1.54, 1.807) is 0 Å². The average molecular weight is 331 g/mol. The van der Waals surface area contributed by atoms with E-state index in [0.717, 1.165) is 19.1 Å². The number of amides is 2. The maximum Gasteiger partial charge on any atom is 0.315 e. The van der Waals surface area contributed by atoms with Crippen molar-refractivity contribution < 1.29 is 19.0 Å². The highest BCUT2D eigenvalue weighted by Crippen LogP contribution is 2.20. The van der Waals surface area contributed by atoms with Gasteiger partial charge in [-0.05, 0) is 31.0 Å². The Balaban J connectivity index is 1.78. The normalized spacial score (nSPS) is 20.5. The molecule has 1 saturated heterocycles. The highest BCUT2D eigenvalue weighted by Gasteiger charge is 2.23. The van der Waals surface area contributed by atoms with Gasteiger partial charge in [-0.2, -0.15) is 0 Å². The lowest BCUT2D eigenvalue weighted by Crippen LogP contribution is -2.45. The first-order valence-corrected chi connectivity index (χ1v) is 7.60. The zero-order chi connectivity index (χ0) is 16.1. The van der Waals surface area contributed by atoms with Crippen molar-refractivity contribution in [3.63, 3.8) is 0 Å². The lowest BCUT2D eigenvalue weighted by Gasteiger charge is -2.20. The van der Waals surface area contributed by atoms with Gasteiger partial charge >= 0.3 is 6.03 Å². The van der Waals surface area contributed by atoms with Crippen LogP contribution in [0, 0.1) is 11.7 Å². The zero-order valence-electron chi connectivity index (χ0n) is 12.3. The van der Waals surface area contributed by atoms with E-state index >= 15 is 0 Å². The number of carbonyl (C=O) groups excluding carboxylic acids is 1. The first kappa shape index (κ1) is 17.0. The number of aliphatic hydroxyl groups is 1. The van der Waals surface area contributed by atoms with Crippen LogP contribution < -0.4 is 10.6 Å². The third-order valence-electron chi connectivity index (χ3n) is 3.82. The molecular formula is C15H20ClFN2O3. The smallest absolute Gasteiger partial charge is 0.315 e. The summed E-state index contributed by atoms with van der Waals surface area (Å²) >= 11 is 5.59. The minimum atomic E-state index is -0.998. The van der Waals surface area contributed by atoms with Crippen LogP contribution in [0.15, 0.2) is 18.2 Å². The number of carbonyl (C=O) groups is 1. The molecule has 1 heterocycles. The van der Waals surface area contributed by atoms with Crippen LogP contribution in [0.4, 0.5) is 9.18 Å². The molecule has 3 atom stereocenters. The Morgan fingerprint density at radius 1 is 1.59 bits per heavy atom. The fourth-order valence-corrected chi connectivity index (χ4v) is 2.47. The maximum atomic E-state index is 13.3. The SMILES string of the molecule is CC(NC(=O)NCC(O)c1ccc(Cl)c(F)c1)C1CCOC1. The third-order valence-corrected chi connectivity index (χ3v) is 4.12. The second-order valence-corrected chi connectivity index (χ2v) is 5.86. The third kappa shape index (κ3) is 4.56. The van der Waals surface area contributed by atoms with Gasteiger partial charge in [-0.15, -0.1) is 0 Å². The Bertz CT molecular complexity index is 524. The van der Waals surface area contributed by atoms with Crippen LogP contribution in [-0.4, -0.2) is 36.9 Å². The predicted molar refractivity (Wildman–Crippen MR) is 81.3 cm³/mol. The van der Waals surface area contributed by atoms with E-state index in [2.05, 4.69) is 10.6 Å². The molecule has 0 aromatic heterocycles. The molecule has 22 heavy (non-hydrogen) atoms. The van der Waals surface area contributed by atoms with E-state index in [4.69, 9.17) is 16.3 Å². The summed E-state index contributed by atoms with van der Waals surface area (Å²) in [7, 11) is 0. The Kier molecular flexibility index (Phi) is 5.99.